The minimum atomic E-state index is 0. The molecule has 2 aromatic heterocycles. The Kier molecular flexibility index (Phi) is 9.82. The second-order valence-corrected chi connectivity index (χ2v) is 7.60. The van der Waals surface area contributed by atoms with Crippen LogP contribution >= 0.6 is 46.9 Å². The maximum absolute atomic E-state index is 5.91. The summed E-state index contributed by atoms with van der Waals surface area (Å²) in [4.78, 5) is 14.7. The van der Waals surface area contributed by atoms with Crippen LogP contribution in [0.2, 0.25) is 5.02 Å². The molecule has 0 radical (unpaired) electrons. The lowest BCUT2D eigenvalue weighted by Gasteiger charge is -2.09. The zero-order valence-electron chi connectivity index (χ0n) is 16.3. The van der Waals surface area contributed by atoms with Gasteiger partial charge in [-0.05, 0) is 37.6 Å². The van der Waals surface area contributed by atoms with E-state index in [9.17, 15) is 0 Å². The summed E-state index contributed by atoms with van der Waals surface area (Å²) in [5.41, 5.74) is 0.872. The number of benzene rings is 1. The van der Waals surface area contributed by atoms with Crippen LogP contribution in [-0.2, 0) is 19.4 Å². The SMILES string of the molecule is CCNC(=NCc1ncc(CC)s1)NCCc1nc(-c2ccc(Cl)cc2)no1.I. The Morgan fingerprint density at radius 2 is 2.00 bits per heavy atom. The molecule has 0 atom stereocenters. The number of hydrogen-bond acceptors (Lipinski definition) is 6. The molecule has 2 heterocycles. The summed E-state index contributed by atoms with van der Waals surface area (Å²) in [6.45, 7) is 6.13. The topological polar surface area (TPSA) is 88.2 Å². The van der Waals surface area contributed by atoms with E-state index in [0.29, 0.717) is 36.2 Å². The summed E-state index contributed by atoms with van der Waals surface area (Å²) < 4.78 is 5.33. The van der Waals surface area contributed by atoms with Crippen molar-refractivity contribution in [3.05, 3.63) is 51.3 Å². The van der Waals surface area contributed by atoms with E-state index in [-0.39, 0.29) is 24.0 Å². The molecular formula is C19H24ClIN6OS. The Hall–Kier alpha value is -1.72. The number of rotatable bonds is 8. The molecule has 0 spiro atoms. The van der Waals surface area contributed by atoms with Crippen molar-refractivity contribution in [3.63, 3.8) is 0 Å². The lowest BCUT2D eigenvalue weighted by Crippen LogP contribution is -2.38. The zero-order valence-corrected chi connectivity index (χ0v) is 20.2. The molecule has 29 heavy (non-hydrogen) atoms. The first kappa shape index (κ1) is 23.6. The number of hydrogen-bond donors (Lipinski definition) is 2. The van der Waals surface area contributed by atoms with Crippen LogP contribution in [0.1, 0.15) is 29.6 Å². The number of halogens is 2. The Morgan fingerprint density at radius 3 is 2.69 bits per heavy atom. The molecule has 0 fully saturated rings. The second-order valence-electron chi connectivity index (χ2n) is 5.96. The lowest BCUT2D eigenvalue weighted by molar-refractivity contribution is 0.378. The van der Waals surface area contributed by atoms with Crippen LogP contribution in [-0.4, -0.2) is 34.2 Å². The van der Waals surface area contributed by atoms with Gasteiger partial charge in [-0.2, -0.15) is 4.98 Å². The number of aryl methyl sites for hydroxylation is 1. The maximum atomic E-state index is 5.91. The highest BCUT2D eigenvalue weighted by molar-refractivity contribution is 14.0. The van der Waals surface area contributed by atoms with Crippen molar-refractivity contribution in [1.29, 1.82) is 0 Å². The van der Waals surface area contributed by atoms with E-state index < -0.39 is 0 Å². The third-order valence-corrected chi connectivity index (χ3v) is 5.25. The summed E-state index contributed by atoms with van der Waals surface area (Å²) in [7, 11) is 0. The second kappa shape index (κ2) is 12.1. The minimum Gasteiger partial charge on any atom is -0.357 e. The molecule has 3 rings (SSSR count). The molecule has 2 N–H and O–H groups in total. The van der Waals surface area contributed by atoms with Crippen molar-refractivity contribution < 1.29 is 4.52 Å². The van der Waals surface area contributed by atoms with Gasteiger partial charge in [-0.3, -0.25) is 0 Å². The average Bonchev–Trinajstić information content (AvgIpc) is 3.36. The molecule has 0 aliphatic rings. The first-order valence-corrected chi connectivity index (χ1v) is 10.4. The predicted molar refractivity (Wildman–Crippen MR) is 128 cm³/mol. The van der Waals surface area contributed by atoms with Crippen LogP contribution in [0.15, 0.2) is 40.0 Å². The molecule has 0 amide bonds. The Bertz CT molecular complexity index is 912. The van der Waals surface area contributed by atoms with Crippen molar-refractivity contribution >= 4 is 52.9 Å². The van der Waals surface area contributed by atoms with Crippen LogP contribution in [0.4, 0.5) is 0 Å². The summed E-state index contributed by atoms with van der Waals surface area (Å²) in [6, 6.07) is 7.35. The molecule has 0 saturated carbocycles. The van der Waals surface area contributed by atoms with E-state index in [1.54, 1.807) is 23.5 Å². The van der Waals surface area contributed by atoms with Gasteiger partial charge in [-0.25, -0.2) is 9.98 Å². The number of thiazole rings is 1. The first-order valence-electron chi connectivity index (χ1n) is 9.22. The van der Waals surface area contributed by atoms with Crippen molar-refractivity contribution in [1.82, 2.24) is 25.8 Å². The highest BCUT2D eigenvalue weighted by Gasteiger charge is 2.09. The minimum absolute atomic E-state index is 0. The smallest absolute Gasteiger partial charge is 0.228 e. The van der Waals surface area contributed by atoms with Crippen molar-refractivity contribution in [2.24, 2.45) is 4.99 Å². The van der Waals surface area contributed by atoms with E-state index in [1.165, 1.54) is 4.88 Å². The van der Waals surface area contributed by atoms with E-state index in [4.69, 9.17) is 16.1 Å². The number of aliphatic imine (C=N–C) groups is 1. The maximum Gasteiger partial charge on any atom is 0.228 e. The third kappa shape index (κ3) is 7.23. The molecule has 0 aliphatic carbocycles. The largest absolute Gasteiger partial charge is 0.357 e. The lowest BCUT2D eigenvalue weighted by atomic mass is 10.2. The number of nitrogens with one attached hydrogen (secondary N) is 2. The summed E-state index contributed by atoms with van der Waals surface area (Å²) >= 11 is 7.61. The van der Waals surface area contributed by atoms with Crippen molar-refractivity contribution in [2.75, 3.05) is 13.1 Å². The van der Waals surface area contributed by atoms with Gasteiger partial charge in [0.25, 0.3) is 0 Å². The molecule has 0 bridgehead atoms. The monoisotopic (exact) mass is 546 g/mol. The summed E-state index contributed by atoms with van der Waals surface area (Å²) in [5.74, 6) is 1.87. The van der Waals surface area contributed by atoms with Crippen molar-refractivity contribution in [3.8, 4) is 11.4 Å². The molecule has 1 aromatic carbocycles. The van der Waals surface area contributed by atoms with Gasteiger partial charge in [0.05, 0.1) is 6.54 Å². The average molecular weight is 547 g/mol. The van der Waals surface area contributed by atoms with Gasteiger partial charge in [0, 0.05) is 41.2 Å². The van der Waals surface area contributed by atoms with Gasteiger partial charge in [-0.15, -0.1) is 35.3 Å². The van der Waals surface area contributed by atoms with Gasteiger partial charge in [-0.1, -0.05) is 23.7 Å². The van der Waals surface area contributed by atoms with Crippen LogP contribution in [0.5, 0.6) is 0 Å². The van der Waals surface area contributed by atoms with Gasteiger partial charge >= 0.3 is 0 Å². The number of aromatic nitrogens is 3. The van der Waals surface area contributed by atoms with Gasteiger partial charge in [0.1, 0.15) is 5.01 Å². The van der Waals surface area contributed by atoms with E-state index in [1.807, 2.05) is 25.3 Å². The van der Waals surface area contributed by atoms with Crippen molar-refractivity contribution in [2.45, 2.75) is 33.2 Å². The van der Waals surface area contributed by atoms with Crippen LogP contribution in [0, 0.1) is 0 Å². The normalized spacial score (nSPS) is 11.2. The Balaban J connectivity index is 0.00000300. The first-order chi connectivity index (χ1) is 13.7. The molecule has 0 saturated heterocycles. The van der Waals surface area contributed by atoms with Gasteiger partial charge in [0.2, 0.25) is 11.7 Å². The Labute approximate surface area is 196 Å². The third-order valence-electron chi connectivity index (χ3n) is 3.87. The molecule has 7 nitrogen and oxygen atoms in total. The highest BCUT2D eigenvalue weighted by Crippen LogP contribution is 2.18. The van der Waals surface area contributed by atoms with Crippen LogP contribution < -0.4 is 10.6 Å². The molecule has 10 heteroatoms. The molecule has 0 unspecified atom stereocenters. The predicted octanol–water partition coefficient (Wildman–Crippen LogP) is 4.32. The Morgan fingerprint density at radius 1 is 1.21 bits per heavy atom. The summed E-state index contributed by atoms with van der Waals surface area (Å²) in [5, 5.41) is 12.2. The van der Waals surface area contributed by atoms with Gasteiger partial charge < -0.3 is 15.2 Å². The van der Waals surface area contributed by atoms with Crippen LogP contribution in [0.3, 0.4) is 0 Å². The number of guanidine groups is 1. The molecular weight excluding hydrogens is 523 g/mol. The zero-order chi connectivity index (χ0) is 19.8. The highest BCUT2D eigenvalue weighted by atomic mass is 127. The number of nitrogens with zero attached hydrogens (tertiary/aromatic N) is 4. The fourth-order valence-corrected chi connectivity index (χ4v) is 3.35. The molecule has 156 valence electrons. The van der Waals surface area contributed by atoms with E-state index >= 15 is 0 Å². The summed E-state index contributed by atoms with van der Waals surface area (Å²) in [6.07, 6.45) is 3.52. The fraction of sp³-hybridized carbons (Fsp3) is 0.368. The van der Waals surface area contributed by atoms with E-state index in [2.05, 4.69) is 37.7 Å². The van der Waals surface area contributed by atoms with Crippen LogP contribution in [0.25, 0.3) is 11.4 Å². The van der Waals surface area contributed by atoms with Gasteiger partial charge in [0.15, 0.2) is 5.96 Å². The molecule has 3 aromatic rings. The van der Waals surface area contributed by atoms with E-state index in [0.717, 1.165) is 29.5 Å². The molecule has 0 aliphatic heterocycles. The quantitative estimate of drug-likeness (QED) is 0.249. The fourth-order valence-electron chi connectivity index (χ4n) is 2.43. The standard InChI is InChI=1S/C19H23ClN6OS.HI/c1-3-15-11-23-17(28-15)12-24-19(21-4-2)22-10-9-16-25-18(26-27-16)13-5-7-14(20)8-6-13;/h5-8,11H,3-4,9-10,12H2,1-2H3,(H2,21,22,24);1H.